The molecule has 2 rings (SSSR count). The van der Waals surface area contributed by atoms with Crippen LogP contribution in [0.5, 0.6) is 0 Å². The molecular weight excluding hydrogens is 206 g/mol. The number of piperidine rings is 1. The number of likely N-dealkylation sites (tertiary alicyclic amines) is 1. The van der Waals surface area contributed by atoms with Gasteiger partial charge in [-0.15, -0.1) is 0 Å². The van der Waals surface area contributed by atoms with Gasteiger partial charge < -0.3 is 19.1 Å². The first-order valence-electron chi connectivity index (χ1n) is 5.67. The van der Waals surface area contributed by atoms with Crippen molar-refractivity contribution < 1.29 is 14.2 Å². The van der Waals surface area contributed by atoms with Crippen LogP contribution in [-0.4, -0.2) is 44.1 Å². The van der Waals surface area contributed by atoms with Gasteiger partial charge in [-0.05, 0) is 6.08 Å². The molecule has 0 atom stereocenters. The van der Waals surface area contributed by atoms with Crippen molar-refractivity contribution in [1.82, 2.24) is 4.90 Å². The van der Waals surface area contributed by atoms with Gasteiger partial charge in [0.1, 0.15) is 0 Å². The number of hydrogen-bond donors (Lipinski definition) is 0. The Kier molecular flexibility index (Phi) is 3.51. The van der Waals surface area contributed by atoms with E-state index in [0.717, 1.165) is 44.8 Å². The van der Waals surface area contributed by atoms with Gasteiger partial charge >= 0.3 is 0 Å². The van der Waals surface area contributed by atoms with Gasteiger partial charge in [0.15, 0.2) is 5.79 Å². The normalized spacial score (nSPS) is 24.2. The Morgan fingerprint density at radius 1 is 1.31 bits per heavy atom. The summed E-state index contributed by atoms with van der Waals surface area (Å²) < 4.78 is 16.2. The van der Waals surface area contributed by atoms with Crippen molar-refractivity contribution in [1.29, 1.82) is 0 Å². The smallest absolute Gasteiger partial charge is 0.171 e. The maximum absolute atomic E-state index is 5.67. The fraction of sp³-hybridized carbons (Fsp3) is 0.667. The Morgan fingerprint density at radius 3 is 2.50 bits per heavy atom. The van der Waals surface area contributed by atoms with Crippen molar-refractivity contribution in [2.75, 3.05) is 33.4 Å². The zero-order valence-corrected chi connectivity index (χ0v) is 9.78. The van der Waals surface area contributed by atoms with Crippen molar-refractivity contribution in [3.05, 3.63) is 24.6 Å². The maximum atomic E-state index is 5.67. The van der Waals surface area contributed by atoms with Crippen molar-refractivity contribution in [3.63, 3.8) is 0 Å². The lowest BCUT2D eigenvalue weighted by atomic mass is 10.0. The summed E-state index contributed by atoms with van der Waals surface area (Å²) in [6, 6.07) is 0. The van der Waals surface area contributed by atoms with Crippen LogP contribution in [-0.2, 0) is 14.2 Å². The van der Waals surface area contributed by atoms with Crippen LogP contribution in [0, 0.1) is 0 Å². The van der Waals surface area contributed by atoms with Gasteiger partial charge in [0.25, 0.3) is 0 Å². The van der Waals surface area contributed by atoms with Crippen LogP contribution in [0.4, 0.5) is 0 Å². The van der Waals surface area contributed by atoms with E-state index in [9.17, 15) is 0 Å². The molecule has 0 bridgehead atoms. The predicted octanol–water partition coefficient (Wildman–Crippen LogP) is 1.50. The van der Waals surface area contributed by atoms with E-state index in [2.05, 4.69) is 11.5 Å². The second kappa shape index (κ2) is 4.89. The molecule has 0 aliphatic carbocycles. The van der Waals surface area contributed by atoms with E-state index in [1.165, 1.54) is 0 Å². The van der Waals surface area contributed by atoms with Crippen LogP contribution in [0.3, 0.4) is 0 Å². The predicted molar refractivity (Wildman–Crippen MR) is 60.7 cm³/mol. The summed E-state index contributed by atoms with van der Waals surface area (Å²) >= 11 is 0. The zero-order valence-electron chi connectivity index (χ0n) is 9.78. The molecule has 0 amide bonds. The topological polar surface area (TPSA) is 30.9 Å². The molecule has 0 aromatic heterocycles. The highest BCUT2D eigenvalue weighted by molar-refractivity contribution is 5.12. The Labute approximate surface area is 96.5 Å². The van der Waals surface area contributed by atoms with Gasteiger partial charge in [-0.25, -0.2) is 0 Å². The third-order valence-electron chi connectivity index (χ3n) is 3.14. The minimum atomic E-state index is -0.304. The molecule has 2 heterocycles. The van der Waals surface area contributed by atoms with Crippen molar-refractivity contribution in [3.8, 4) is 0 Å². The Morgan fingerprint density at radius 2 is 1.94 bits per heavy atom. The second-order valence-electron chi connectivity index (χ2n) is 4.12. The molecule has 0 aromatic rings. The summed E-state index contributed by atoms with van der Waals surface area (Å²) in [5, 5.41) is 0. The monoisotopic (exact) mass is 225 g/mol. The number of hydrogen-bond acceptors (Lipinski definition) is 4. The number of methoxy groups -OCH3 is 1. The molecule has 2 fully saturated rings. The Bertz CT molecular complexity index is 272. The Balaban J connectivity index is 1.85. The molecule has 16 heavy (non-hydrogen) atoms. The van der Waals surface area contributed by atoms with Gasteiger partial charge in [0, 0.05) is 31.6 Å². The van der Waals surface area contributed by atoms with E-state index < -0.39 is 0 Å². The average molecular weight is 225 g/mol. The number of ether oxygens (including phenoxy) is 3. The van der Waals surface area contributed by atoms with E-state index in [0.29, 0.717) is 0 Å². The molecule has 1 spiro atoms. The standard InChI is InChI=1S/C12H19NO3/c1-11(3-8-14-2)13-6-4-12(5-7-13)15-9-10-16-12/h3,8H,1,4-7,9-10H2,2H3/b8-3+. The molecule has 90 valence electrons. The van der Waals surface area contributed by atoms with E-state index in [1.807, 2.05) is 6.08 Å². The van der Waals surface area contributed by atoms with Crippen LogP contribution < -0.4 is 0 Å². The van der Waals surface area contributed by atoms with Gasteiger partial charge in [-0.1, -0.05) is 6.58 Å². The van der Waals surface area contributed by atoms with Crippen molar-refractivity contribution in [2.45, 2.75) is 18.6 Å². The van der Waals surface area contributed by atoms with Crippen LogP contribution in [0.1, 0.15) is 12.8 Å². The lowest BCUT2D eigenvalue weighted by Gasteiger charge is -2.38. The fourth-order valence-electron chi connectivity index (χ4n) is 2.17. The molecule has 0 unspecified atom stereocenters. The van der Waals surface area contributed by atoms with E-state index >= 15 is 0 Å². The highest BCUT2D eigenvalue weighted by Gasteiger charge is 2.39. The quantitative estimate of drug-likeness (QED) is 0.538. The molecule has 4 heteroatoms. The van der Waals surface area contributed by atoms with Crippen LogP contribution in [0.25, 0.3) is 0 Å². The van der Waals surface area contributed by atoms with E-state index in [1.54, 1.807) is 13.4 Å². The Hall–Kier alpha value is -1.00. The summed E-state index contributed by atoms with van der Waals surface area (Å²) in [5.74, 6) is -0.304. The summed E-state index contributed by atoms with van der Waals surface area (Å²) in [7, 11) is 1.63. The third kappa shape index (κ3) is 2.39. The average Bonchev–Trinajstić information content (AvgIpc) is 2.75. The van der Waals surface area contributed by atoms with Gasteiger partial charge in [0.2, 0.25) is 0 Å². The van der Waals surface area contributed by atoms with Gasteiger partial charge in [0.05, 0.1) is 26.6 Å². The first-order chi connectivity index (χ1) is 7.76. The highest BCUT2D eigenvalue weighted by Crippen LogP contribution is 2.32. The highest BCUT2D eigenvalue weighted by atomic mass is 16.7. The lowest BCUT2D eigenvalue weighted by Crippen LogP contribution is -2.44. The van der Waals surface area contributed by atoms with Crippen LogP contribution >= 0.6 is 0 Å². The fourth-order valence-corrected chi connectivity index (χ4v) is 2.17. The van der Waals surface area contributed by atoms with Gasteiger partial charge in [-0.3, -0.25) is 0 Å². The molecule has 0 aromatic carbocycles. The SMILES string of the molecule is C=C(/C=C/OC)N1CCC2(CC1)OCCO2. The molecule has 2 aliphatic rings. The third-order valence-corrected chi connectivity index (χ3v) is 3.14. The minimum Gasteiger partial charge on any atom is -0.504 e. The number of nitrogens with zero attached hydrogens (tertiary/aromatic N) is 1. The molecule has 0 N–H and O–H groups in total. The van der Waals surface area contributed by atoms with Crippen molar-refractivity contribution >= 4 is 0 Å². The zero-order chi connectivity index (χ0) is 11.4. The molecule has 0 saturated carbocycles. The van der Waals surface area contributed by atoms with Gasteiger partial charge in [-0.2, -0.15) is 0 Å². The molecule has 4 nitrogen and oxygen atoms in total. The maximum Gasteiger partial charge on any atom is 0.171 e. The van der Waals surface area contributed by atoms with E-state index in [-0.39, 0.29) is 5.79 Å². The second-order valence-corrected chi connectivity index (χ2v) is 4.12. The summed E-state index contributed by atoms with van der Waals surface area (Å²) in [6.07, 6.45) is 5.35. The first kappa shape index (κ1) is 11.5. The van der Waals surface area contributed by atoms with E-state index in [4.69, 9.17) is 14.2 Å². The molecular formula is C12H19NO3. The number of allylic oxidation sites excluding steroid dienone is 1. The van der Waals surface area contributed by atoms with Crippen molar-refractivity contribution in [2.24, 2.45) is 0 Å². The van der Waals surface area contributed by atoms with Crippen LogP contribution in [0.15, 0.2) is 24.6 Å². The summed E-state index contributed by atoms with van der Waals surface area (Å²) in [4.78, 5) is 2.23. The summed E-state index contributed by atoms with van der Waals surface area (Å²) in [6.45, 7) is 7.31. The molecule has 2 aliphatic heterocycles. The molecule has 0 radical (unpaired) electrons. The minimum absolute atomic E-state index is 0.304. The first-order valence-corrected chi connectivity index (χ1v) is 5.67. The lowest BCUT2D eigenvalue weighted by molar-refractivity contribution is -0.182. The number of rotatable bonds is 3. The largest absolute Gasteiger partial charge is 0.504 e. The molecule has 2 saturated heterocycles. The summed E-state index contributed by atoms with van der Waals surface area (Å²) in [5.41, 5.74) is 0.981. The van der Waals surface area contributed by atoms with Crippen LogP contribution in [0.2, 0.25) is 0 Å².